The van der Waals surface area contributed by atoms with Crippen molar-refractivity contribution in [2.24, 2.45) is 0 Å². The molecule has 0 radical (unpaired) electrons. The van der Waals surface area contributed by atoms with Gasteiger partial charge >= 0.3 is 6.03 Å². The monoisotopic (exact) mass is 359 g/mol. The summed E-state index contributed by atoms with van der Waals surface area (Å²) in [6.45, 7) is 3.30. The van der Waals surface area contributed by atoms with E-state index < -0.39 is 17.4 Å². The van der Waals surface area contributed by atoms with E-state index in [1.807, 2.05) is 0 Å². The van der Waals surface area contributed by atoms with Gasteiger partial charge in [-0.25, -0.2) is 9.18 Å². The summed E-state index contributed by atoms with van der Waals surface area (Å²) in [5, 5.41) is 16.9. The van der Waals surface area contributed by atoms with E-state index in [0.29, 0.717) is 5.69 Å². The number of amides is 3. The highest BCUT2D eigenvalue weighted by Crippen LogP contribution is 2.14. The predicted molar refractivity (Wildman–Crippen MR) is 98.5 cm³/mol. The molecule has 0 aliphatic carbocycles. The first-order chi connectivity index (χ1) is 12.3. The molecule has 0 heterocycles. The summed E-state index contributed by atoms with van der Waals surface area (Å²) >= 11 is 0. The number of urea groups is 1. The largest absolute Gasteiger partial charge is 0.394 e. The maximum Gasteiger partial charge on any atom is 0.323 e. The van der Waals surface area contributed by atoms with E-state index in [0.717, 1.165) is 5.56 Å². The number of halogens is 1. The maximum atomic E-state index is 13.5. The summed E-state index contributed by atoms with van der Waals surface area (Å²) in [6, 6.07) is 12.0. The smallest absolute Gasteiger partial charge is 0.323 e. The fourth-order valence-electron chi connectivity index (χ4n) is 2.20. The fraction of sp³-hybridized carbons (Fsp3) is 0.263. The van der Waals surface area contributed by atoms with Gasteiger partial charge in [0.2, 0.25) is 5.91 Å². The highest BCUT2D eigenvalue weighted by molar-refractivity contribution is 5.99. The molecule has 2 aromatic rings. The molecule has 0 fully saturated rings. The van der Waals surface area contributed by atoms with Crippen LogP contribution in [0.2, 0.25) is 0 Å². The summed E-state index contributed by atoms with van der Waals surface area (Å²) in [5.74, 6) is -0.725. The van der Waals surface area contributed by atoms with Crippen LogP contribution in [0.3, 0.4) is 0 Å². The molecule has 26 heavy (non-hydrogen) atoms. The van der Waals surface area contributed by atoms with Gasteiger partial charge in [-0.2, -0.15) is 0 Å². The zero-order valence-electron chi connectivity index (χ0n) is 14.7. The van der Waals surface area contributed by atoms with E-state index >= 15 is 0 Å². The average molecular weight is 359 g/mol. The molecular formula is C19H22FN3O3. The lowest BCUT2D eigenvalue weighted by molar-refractivity contribution is -0.122. The van der Waals surface area contributed by atoms with Crippen molar-refractivity contribution in [3.8, 4) is 0 Å². The second kappa shape index (κ2) is 8.44. The third-order valence-corrected chi connectivity index (χ3v) is 3.57. The molecule has 4 N–H and O–H groups in total. The zero-order valence-corrected chi connectivity index (χ0v) is 14.7. The standard InChI is InChI=1S/C19H22FN3O3/c1-19(2,12-24)23-17(25)11-13-7-9-14(10-8-13)21-18(26)22-16-6-4-3-5-15(16)20/h3-10,24H,11-12H2,1-2H3,(H,23,25)(H2,21,22,26). The molecule has 7 heteroatoms. The molecule has 0 aliphatic heterocycles. The highest BCUT2D eigenvalue weighted by Gasteiger charge is 2.19. The molecule has 2 rings (SSSR count). The zero-order chi connectivity index (χ0) is 19.2. The number of anilines is 2. The molecule has 2 aromatic carbocycles. The Bertz CT molecular complexity index is 776. The molecule has 0 atom stereocenters. The second-order valence-corrected chi connectivity index (χ2v) is 6.52. The number of nitrogens with one attached hydrogen (secondary N) is 3. The Kier molecular flexibility index (Phi) is 6.30. The molecule has 6 nitrogen and oxygen atoms in total. The number of carbonyl (C=O) groups excluding carboxylic acids is 2. The lowest BCUT2D eigenvalue weighted by Crippen LogP contribution is -2.46. The van der Waals surface area contributed by atoms with Crippen LogP contribution in [0.15, 0.2) is 48.5 Å². The third-order valence-electron chi connectivity index (χ3n) is 3.57. The van der Waals surface area contributed by atoms with Crippen molar-refractivity contribution in [3.63, 3.8) is 0 Å². The molecule has 0 unspecified atom stereocenters. The van der Waals surface area contributed by atoms with Gasteiger partial charge in [0, 0.05) is 5.69 Å². The van der Waals surface area contributed by atoms with Crippen LogP contribution in [0.4, 0.5) is 20.6 Å². The first kappa shape index (κ1) is 19.4. The van der Waals surface area contributed by atoms with E-state index in [1.165, 1.54) is 18.2 Å². The van der Waals surface area contributed by atoms with Gasteiger partial charge in [0.25, 0.3) is 0 Å². The maximum absolute atomic E-state index is 13.5. The molecule has 0 spiro atoms. The lowest BCUT2D eigenvalue weighted by Gasteiger charge is -2.23. The molecule has 0 saturated carbocycles. The number of benzene rings is 2. The van der Waals surface area contributed by atoms with Crippen LogP contribution in [0.1, 0.15) is 19.4 Å². The molecule has 0 saturated heterocycles. The van der Waals surface area contributed by atoms with Gasteiger partial charge in [0.05, 0.1) is 24.3 Å². The van der Waals surface area contributed by atoms with Crippen LogP contribution in [-0.4, -0.2) is 29.2 Å². The summed E-state index contributed by atoms with van der Waals surface area (Å²) in [5.41, 5.74) is 0.684. The number of para-hydroxylation sites is 1. The van der Waals surface area contributed by atoms with Crippen LogP contribution in [0.5, 0.6) is 0 Å². The second-order valence-electron chi connectivity index (χ2n) is 6.52. The molecule has 0 aliphatic rings. The quantitative estimate of drug-likeness (QED) is 0.639. The van der Waals surface area contributed by atoms with Crippen molar-refractivity contribution in [1.82, 2.24) is 5.32 Å². The van der Waals surface area contributed by atoms with Gasteiger partial charge in [-0.3, -0.25) is 4.79 Å². The SMILES string of the molecule is CC(C)(CO)NC(=O)Cc1ccc(NC(=O)Nc2ccccc2F)cc1. The normalized spacial score (nSPS) is 10.9. The molecule has 0 bridgehead atoms. The minimum Gasteiger partial charge on any atom is -0.394 e. The number of aliphatic hydroxyl groups is 1. The summed E-state index contributed by atoms with van der Waals surface area (Å²) in [4.78, 5) is 23.9. The van der Waals surface area contributed by atoms with Crippen molar-refractivity contribution < 1.29 is 19.1 Å². The van der Waals surface area contributed by atoms with Crippen LogP contribution in [-0.2, 0) is 11.2 Å². The van der Waals surface area contributed by atoms with Gasteiger partial charge in [-0.1, -0.05) is 24.3 Å². The lowest BCUT2D eigenvalue weighted by atomic mass is 10.1. The molecule has 138 valence electrons. The Balaban J connectivity index is 1.90. The summed E-state index contributed by atoms with van der Waals surface area (Å²) in [7, 11) is 0. The van der Waals surface area contributed by atoms with Crippen LogP contribution in [0, 0.1) is 5.82 Å². The van der Waals surface area contributed by atoms with E-state index in [4.69, 9.17) is 5.11 Å². The minimum absolute atomic E-state index is 0.0878. The van der Waals surface area contributed by atoms with Gasteiger partial charge in [0.1, 0.15) is 5.82 Å². The number of aliphatic hydroxyl groups excluding tert-OH is 1. The van der Waals surface area contributed by atoms with Crippen LogP contribution in [0.25, 0.3) is 0 Å². The van der Waals surface area contributed by atoms with Gasteiger partial charge in [-0.05, 0) is 43.7 Å². The Labute approximate surface area is 151 Å². The van der Waals surface area contributed by atoms with Gasteiger partial charge in [-0.15, -0.1) is 0 Å². The molecular weight excluding hydrogens is 337 g/mol. The third kappa shape index (κ3) is 5.86. The van der Waals surface area contributed by atoms with E-state index in [1.54, 1.807) is 44.2 Å². The van der Waals surface area contributed by atoms with Crippen molar-refractivity contribution in [3.05, 3.63) is 59.9 Å². The van der Waals surface area contributed by atoms with Gasteiger partial charge < -0.3 is 21.1 Å². The predicted octanol–water partition coefficient (Wildman–Crippen LogP) is 2.90. The minimum atomic E-state index is -0.677. The fourth-order valence-corrected chi connectivity index (χ4v) is 2.20. The first-order valence-electron chi connectivity index (χ1n) is 8.12. The van der Waals surface area contributed by atoms with Crippen LogP contribution < -0.4 is 16.0 Å². The van der Waals surface area contributed by atoms with Crippen molar-refractivity contribution >= 4 is 23.3 Å². The summed E-state index contributed by atoms with van der Waals surface area (Å²) in [6.07, 6.45) is 0.158. The number of hydrogen-bond acceptors (Lipinski definition) is 3. The van der Waals surface area contributed by atoms with Gasteiger partial charge in [0.15, 0.2) is 0 Å². The highest BCUT2D eigenvalue weighted by atomic mass is 19.1. The van der Waals surface area contributed by atoms with Crippen molar-refractivity contribution in [1.29, 1.82) is 0 Å². The average Bonchev–Trinajstić information content (AvgIpc) is 2.58. The Morgan fingerprint density at radius 1 is 1.04 bits per heavy atom. The van der Waals surface area contributed by atoms with Crippen molar-refractivity contribution in [2.75, 3.05) is 17.2 Å². The Hall–Kier alpha value is -2.93. The van der Waals surface area contributed by atoms with E-state index in [9.17, 15) is 14.0 Å². The van der Waals surface area contributed by atoms with Crippen LogP contribution >= 0.6 is 0 Å². The van der Waals surface area contributed by atoms with E-state index in [-0.39, 0.29) is 24.6 Å². The Morgan fingerprint density at radius 2 is 1.69 bits per heavy atom. The van der Waals surface area contributed by atoms with E-state index in [2.05, 4.69) is 16.0 Å². The topological polar surface area (TPSA) is 90.5 Å². The first-order valence-corrected chi connectivity index (χ1v) is 8.12. The molecule has 0 aromatic heterocycles. The number of rotatable bonds is 6. The number of carbonyl (C=O) groups is 2. The van der Waals surface area contributed by atoms with Crippen molar-refractivity contribution in [2.45, 2.75) is 25.8 Å². The summed E-state index contributed by atoms with van der Waals surface area (Å²) < 4.78 is 13.5. The Morgan fingerprint density at radius 3 is 2.31 bits per heavy atom. The molecule has 3 amide bonds. The number of hydrogen-bond donors (Lipinski definition) is 4.